The van der Waals surface area contributed by atoms with Gasteiger partial charge in [-0.2, -0.15) is 8.61 Å². The summed E-state index contributed by atoms with van der Waals surface area (Å²) in [5.41, 5.74) is 5.43. The highest BCUT2D eigenvalue weighted by molar-refractivity contribution is 7.89. The lowest BCUT2D eigenvalue weighted by Crippen LogP contribution is -2.49. The lowest BCUT2D eigenvalue weighted by atomic mass is 9.95. The Bertz CT molecular complexity index is 1400. The van der Waals surface area contributed by atoms with Crippen molar-refractivity contribution in [2.24, 2.45) is 5.92 Å². The van der Waals surface area contributed by atoms with Crippen LogP contribution in [0.5, 0.6) is 5.75 Å². The smallest absolute Gasteiger partial charge is 0.243 e. The number of hydrogen-bond donors (Lipinski definition) is 0. The zero-order valence-electron chi connectivity index (χ0n) is 23.7. The van der Waals surface area contributed by atoms with Gasteiger partial charge in [0.15, 0.2) is 0 Å². The average molecular weight is 564 g/mol. The number of nitrogens with zero attached hydrogens (tertiary/aromatic N) is 3. The maximum absolute atomic E-state index is 13.8. The molecule has 2 aliphatic heterocycles. The molecule has 8 nitrogen and oxygen atoms in total. The van der Waals surface area contributed by atoms with Crippen molar-refractivity contribution in [2.45, 2.75) is 64.2 Å². The molecule has 0 bridgehead atoms. The van der Waals surface area contributed by atoms with Crippen LogP contribution in [0.1, 0.15) is 47.6 Å². The van der Waals surface area contributed by atoms with Crippen LogP contribution in [0.4, 0.5) is 5.69 Å². The molecule has 38 heavy (non-hydrogen) atoms. The van der Waals surface area contributed by atoms with Crippen molar-refractivity contribution in [3.63, 3.8) is 0 Å². The number of ether oxygens (including phenoxy) is 1. The molecule has 0 N–H and O–H groups in total. The normalized spacial score (nSPS) is 20.1. The highest BCUT2D eigenvalue weighted by atomic mass is 32.2. The Labute approximate surface area is 228 Å². The molecule has 2 saturated heterocycles. The molecular formula is C28H41N3O5S2. The minimum absolute atomic E-state index is 0.245. The summed E-state index contributed by atoms with van der Waals surface area (Å²) in [5, 5.41) is 0. The van der Waals surface area contributed by atoms with Crippen molar-refractivity contribution >= 4 is 25.7 Å². The summed E-state index contributed by atoms with van der Waals surface area (Å²) >= 11 is 0. The molecule has 0 radical (unpaired) electrons. The van der Waals surface area contributed by atoms with Crippen LogP contribution in [0.25, 0.3) is 0 Å². The van der Waals surface area contributed by atoms with Gasteiger partial charge in [-0.05, 0) is 99.4 Å². The van der Waals surface area contributed by atoms with E-state index in [9.17, 15) is 16.8 Å². The lowest BCUT2D eigenvalue weighted by molar-refractivity contribution is 0.281. The van der Waals surface area contributed by atoms with Crippen molar-refractivity contribution in [3.05, 3.63) is 46.0 Å². The van der Waals surface area contributed by atoms with Gasteiger partial charge in [0.1, 0.15) is 5.75 Å². The first-order valence-electron chi connectivity index (χ1n) is 13.3. The van der Waals surface area contributed by atoms with E-state index in [1.165, 1.54) is 0 Å². The molecule has 2 aliphatic rings. The van der Waals surface area contributed by atoms with E-state index in [1.54, 1.807) is 33.9 Å². The van der Waals surface area contributed by atoms with Gasteiger partial charge in [-0.15, -0.1) is 0 Å². The fourth-order valence-electron chi connectivity index (χ4n) is 5.74. The largest absolute Gasteiger partial charge is 0.495 e. The molecule has 0 aliphatic carbocycles. The van der Waals surface area contributed by atoms with E-state index in [1.807, 2.05) is 39.5 Å². The predicted octanol–water partition coefficient (Wildman–Crippen LogP) is 4.17. The van der Waals surface area contributed by atoms with Crippen LogP contribution in [0.3, 0.4) is 0 Å². The number of benzene rings is 2. The van der Waals surface area contributed by atoms with E-state index >= 15 is 0 Å². The fourth-order valence-corrected chi connectivity index (χ4v) is 9.34. The van der Waals surface area contributed by atoms with Crippen molar-refractivity contribution in [1.82, 2.24) is 8.61 Å². The van der Waals surface area contributed by atoms with Crippen LogP contribution < -0.4 is 9.64 Å². The van der Waals surface area contributed by atoms with Crippen LogP contribution in [0.15, 0.2) is 28.0 Å². The summed E-state index contributed by atoms with van der Waals surface area (Å²) in [7, 11) is -5.75. The van der Waals surface area contributed by atoms with Gasteiger partial charge in [-0.25, -0.2) is 16.8 Å². The monoisotopic (exact) mass is 563 g/mol. The number of piperidine rings is 1. The molecule has 0 spiro atoms. The maximum atomic E-state index is 13.8. The third kappa shape index (κ3) is 5.08. The molecule has 2 fully saturated rings. The van der Waals surface area contributed by atoms with Gasteiger partial charge in [0, 0.05) is 39.3 Å². The van der Waals surface area contributed by atoms with E-state index in [4.69, 9.17) is 4.74 Å². The SMILES string of the molecule is COc1ccc(S(=O)(=O)N2CCCC(C)C2)cc1N1CCN(S(=O)(=O)c2c(C)c(C)c(C)c(C)c2C)CC1. The lowest BCUT2D eigenvalue weighted by Gasteiger charge is -2.37. The highest BCUT2D eigenvalue weighted by Gasteiger charge is 2.34. The topological polar surface area (TPSA) is 87.2 Å². The number of anilines is 1. The summed E-state index contributed by atoms with van der Waals surface area (Å²) in [6.07, 6.45) is 1.90. The first-order chi connectivity index (χ1) is 17.8. The van der Waals surface area contributed by atoms with Gasteiger partial charge in [0.25, 0.3) is 0 Å². The van der Waals surface area contributed by atoms with Crippen LogP contribution in [0, 0.1) is 40.5 Å². The summed E-state index contributed by atoms with van der Waals surface area (Å²) in [6.45, 7) is 14.4. The Morgan fingerprint density at radius 2 is 1.34 bits per heavy atom. The van der Waals surface area contributed by atoms with Crippen molar-refractivity contribution in [3.8, 4) is 5.75 Å². The van der Waals surface area contributed by atoms with Crippen molar-refractivity contribution in [2.75, 3.05) is 51.3 Å². The predicted molar refractivity (Wildman–Crippen MR) is 151 cm³/mol. The standard InChI is InChI=1S/C28H41N3O5S2/c1-19-9-8-12-31(18-19)37(32,33)25-10-11-27(36-7)26(17-25)29-13-15-30(16-14-29)38(34,35)28-23(5)21(3)20(2)22(4)24(28)6/h10-11,17,19H,8-9,12-16,18H2,1-7H3. The zero-order chi connectivity index (χ0) is 28.0. The number of methoxy groups -OCH3 is 1. The van der Waals surface area contributed by atoms with Crippen LogP contribution in [-0.4, -0.2) is 71.8 Å². The van der Waals surface area contributed by atoms with Crippen LogP contribution in [-0.2, 0) is 20.0 Å². The second-order valence-electron chi connectivity index (χ2n) is 10.8. The molecule has 10 heteroatoms. The van der Waals surface area contributed by atoms with Gasteiger partial charge in [-0.1, -0.05) is 6.92 Å². The second kappa shape index (κ2) is 10.8. The molecule has 2 heterocycles. The third-order valence-corrected chi connectivity index (χ3v) is 12.6. The zero-order valence-corrected chi connectivity index (χ0v) is 25.3. The van der Waals surface area contributed by atoms with Gasteiger partial charge < -0.3 is 9.64 Å². The number of piperazine rings is 1. The number of sulfonamides is 2. The quantitative estimate of drug-likeness (QED) is 0.524. The van der Waals surface area contributed by atoms with E-state index in [0.717, 1.165) is 40.7 Å². The Hall–Kier alpha value is -2.14. The molecule has 0 aromatic heterocycles. The third-order valence-electron chi connectivity index (χ3n) is 8.52. The molecule has 0 saturated carbocycles. The number of hydrogen-bond acceptors (Lipinski definition) is 6. The maximum Gasteiger partial charge on any atom is 0.243 e. The molecule has 1 atom stereocenters. The first kappa shape index (κ1) is 28.9. The summed E-state index contributed by atoms with van der Waals surface area (Å²) < 4.78 is 63.2. The highest BCUT2D eigenvalue weighted by Crippen LogP contribution is 2.36. The molecule has 1 unspecified atom stereocenters. The first-order valence-corrected chi connectivity index (χ1v) is 16.2. The molecule has 210 valence electrons. The fraction of sp³-hybridized carbons (Fsp3) is 0.571. The Kier molecular flexibility index (Phi) is 8.19. The Morgan fingerprint density at radius 3 is 1.89 bits per heavy atom. The van der Waals surface area contributed by atoms with E-state index in [2.05, 4.69) is 6.92 Å². The summed E-state index contributed by atoms with van der Waals surface area (Å²) in [4.78, 5) is 2.68. The van der Waals surface area contributed by atoms with Crippen molar-refractivity contribution < 1.29 is 21.6 Å². The second-order valence-corrected chi connectivity index (χ2v) is 14.6. The van der Waals surface area contributed by atoms with Gasteiger partial charge in [0.2, 0.25) is 20.0 Å². The van der Waals surface area contributed by atoms with E-state index < -0.39 is 20.0 Å². The molecule has 4 rings (SSSR count). The van der Waals surface area contributed by atoms with Crippen LogP contribution in [0.2, 0.25) is 0 Å². The average Bonchev–Trinajstić information content (AvgIpc) is 2.90. The van der Waals surface area contributed by atoms with Crippen molar-refractivity contribution in [1.29, 1.82) is 0 Å². The minimum atomic E-state index is -3.68. The van der Waals surface area contributed by atoms with Gasteiger partial charge >= 0.3 is 0 Å². The molecule has 2 aromatic carbocycles. The Morgan fingerprint density at radius 1 is 0.763 bits per heavy atom. The Balaban J connectivity index is 1.60. The summed E-state index contributed by atoms with van der Waals surface area (Å²) in [5.74, 6) is 0.906. The van der Waals surface area contributed by atoms with E-state index in [0.29, 0.717) is 61.5 Å². The van der Waals surface area contributed by atoms with Gasteiger partial charge in [0.05, 0.1) is 22.6 Å². The molecule has 0 amide bonds. The van der Waals surface area contributed by atoms with E-state index in [-0.39, 0.29) is 4.90 Å². The van der Waals surface area contributed by atoms with Crippen LogP contribution >= 0.6 is 0 Å². The summed E-state index contributed by atoms with van der Waals surface area (Å²) in [6, 6.07) is 4.98. The molecular weight excluding hydrogens is 522 g/mol. The minimum Gasteiger partial charge on any atom is -0.495 e. The number of rotatable bonds is 6. The van der Waals surface area contributed by atoms with Gasteiger partial charge in [-0.3, -0.25) is 0 Å². The molecule has 2 aromatic rings.